The van der Waals surface area contributed by atoms with Crippen LogP contribution in [0.25, 0.3) is 0 Å². The molecule has 2 N–H and O–H groups in total. The van der Waals surface area contributed by atoms with Gasteiger partial charge in [0.25, 0.3) is 0 Å². The topological polar surface area (TPSA) is 44.5 Å². The molecule has 1 aliphatic rings. The van der Waals surface area contributed by atoms with Crippen LogP contribution in [0.3, 0.4) is 0 Å². The Kier molecular flexibility index (Phi) is 4.16. The van der Waals surface area contributed by atoms with Crippen molar-refractivity contribution in [3.05, 3.63) is 0 Å². The second-order valence-electron chi connectivity index (χ2n) is 3.75. The maximum Gasteiger partial charge on any atom is 0.168 e. The highest BCUT2D eigenvalue weighted by Crippen LogP contribution is 2.32. The van der Waals surface area contributed by atoms with Crippen molar-refractivity contribution in [2.75, 3.05) is 19.8 Å². The van der Waals surface area contributed by atoms with E-state index in [4.69, 9.17) is 15.2 Å². The van der Waals surface area contributed by atoms with Gasteiger partial charge in [-0.3, -0.25) is 0 Å². The third-order valence-corrected chi connectivity index (χ3v) is 2.85. The summed E-state index contributed by atoms with van der Waals surface area (Å²) in [5.74, 6) is 0.141. The van der Waals surface area contributed by atoms with Crippen molar-refractivity contribution in [1.82, 2.24) is 0 Å². The van der Waals surface area contributed by atoms with Crippen LogP contribution in [0.4, 0.5) is 0 Å². The van der Waals surface area contributed by atoms with Gasteiger partial charge < -0.3 is 15.2 Å². The van der Waals surface area contributed by atoms with Crippen molar-refractivity contribution in [2.24, 2.45) is 11.7 Å². The average Bonchev–Trinajstić information content (AvgIpc) is 2.54. The molecule has 0 amide bonds. The Morgan fingerprint density at radius 3 is 2.46 bits per heavy atom. The van der Waals surface area contributed by atoms with Crippen molar-refractivity contribution in [1.29, 1.82) is 0 Å². The van der Waals surface area contributed by atoms with Gasteiger partial charge in [-0.2, -0.15) is 0 Å². The molecule has 1 fully saturated rings. The summed E-state index contributed by atoms with van der Waals surface area (Å²) < 4.78 is 11.3. The number of hydrogen-bond donors (Lipinski definition) is 1. The zero-order chi connectivity index (χ0) is 9.73. The largest absolute Gasteiger partial charge is 0.348 e. The van der Waals surface area contributed by atoms with E-state index >= 15 is 0 Å². The summed E-state index contributed by atoms with van der Waals surface area (Å²) in [4.78, 5) is 0. The van der Waals surface area contributed by atoms with Gasteiger partial charge in [0, 0.05) is 5.92 Å². The molecule has 1 rings (SSSR count). The van der Waals surface area contributed by atoms with Crippen LogP contribution in [0.2, 0.25) is 0 Å². The number of rotatable bonds is 5. The zero-order valence-corrected chi connectivity index (χ0v) is 8.71. The van der Waals surface area contributed by atoms with Gasteiger partial charge in [-0.15, -0.1) is 0 Å². The van der Waals surface area contributed by atoms with Crippen LogP contribution in [0, 0.1) is 5.92 Å². The first-order chi connectivity index (χ1) is 6.23. The van der Waals surface area contributed by atoms with Crippen LogP contribution in [-0.2, 0) is 9.47 Å². The Bertz CT molecular complexity index is 144. The van der Waals surface area contributed by atoms with Crippen molar-refractivity contribution < 1.29 is 9.47 Å². The monoisotopic (exact) mass is 187 g/mol. The van der Waals surface area contributed by atoms with E-state index in [1.807, 2.05) is 6.92 Å². The van der Waals surface area contributed by atoms with E-state index < -0.39 is 0 Å². The van der Waals surface area contributed by atoms with Crippen LogP contribution >= 0.6 is 0 Å². The molecule has 1 aliphatic heterocycles. The normalized spacial score (nSPS) is 23.3. The molecule has 3 nitrogen and oxygen atoms in total. The highest BCUT2D eigenvalue weighted by atomic mass is 16.7. The van der Waals surface area contributed by atoms with Gasteiger partial charge in [0.05, 0.1) is 13.2 Å². The van der Waals surface area contributed by atoms with E-state index in [0.717, 1.165) is 39.0 Å². The van der Waals surface area contributed by atoms with Crippen LogP contribution in [0.5, 0.6) is 0 Å². The molecule has 0 aromatic rings. The molecule has 1 atom stereocenters. The van der Waals surface area contributed by atoms with Crippen LogP contribution in [0.15, 0.2) is 0 Å². The maximum atomic E-state index is 5.63. The Balaban J connectivity index is 2.43. The van der Waals surface area contributed by atoms with Crippen molar-refractivity contribution >= 4 is 0 Å². The standard InChI is InChI=1S/C10H21NO2/c1-3-9(5-4-6-11)10(2)12-7-8-13-10/h9H,3-8,11H2,1-2H3. The predicted molar refractivity (Wildman–Crippen MR) is 52.4 cm³/mol. The fraction of sp³-hybridized carbons (Fsp3) is 1.00. The van der Waals surface area contributed by atoms with E-state index in [9.17, 15) is 0 Å². The second-order valence-corrected chi connectivity index (χ2v) is 3.75. The third-order valence-electron chi connectivity index (χ3n) is 2.85. The molecule has 13 heavy (non-hydrogen) atoms. The van der Waals surface area contributed by atoms with Gasteiger partial charge in [0.1, 0.15) is 0 Å². The third kappa shape index (κ3) is 2.66. The average molecular weight is 187 g/mol. The first-order valence-corrected chi connectivity index (χ1v) is 5.21. The SMILES string of the molecule is CCC(CCCN)C1(C)OCCO1. The molecule has 1 heterocycles. The molecule has 0 aromatic heterocycles. The lowest BCUT2D eigenvalue weighted by Crippen LogP contribution is -2.35. The Morgan fingerprint density at radius 2 is 2.00 bits per heavy atom. The summed E-state index contributed by atoms with van der Waals surface area (Å²) in [6.07, 6.45) is 3.25. The number of hydrogen-bond acceptors (Lipinski definition) is 3. The summed E-state index contributed by atoms with van der Waals surface area (Å²) in [5, 5.41) is 0. The molecule has 0 aromatic carbocycles. The molecule has 1 unspecified atom stereocenters. The molecule has 78 valence electrons. The van der Waals surface area contributed by atoms with Crippen molar-refractivity contribution in [3.63, 3.8) is 0 Å². The van der Waals surface area contributed by atoms with Crippen LogP contribution in [0.1, 0.15) is 33.1 Å². The zero-order valence-electron chi connectivity index (χ0n) is 8.71. The van der Waals surface area contributed by atoms with Crippen molar-refractivity contribution in [2.45, 2.75) is 38.9 Å². The molecular formula is C10H21NO2. The summed E-state index contributed by atoms with van der Waals surface area (Å²) in [6.45, 7) is 6.44. The van der Waals surface area contributed by atoms with Crippen LogP contribution in [-0.4, -0.2) is 25.5 Å². The molecule has 0 saturated carbocycles. The lowest BCUT2D eigenvalue weighted by Gasteiger charge is -2.31. The lowest BCUT2D eigenvalue weighted by molar-refractivity contribution is -0.183. The highest BCUT2D eigenvalue weighted by molar-refractivity contribution is 4.77. The smallest absolute Gasteiger partial charge is 0.168 e. The van der Waals surface area contributed by atoms with E-state index in [2.05, 4.69) is 6.92 Å². The summed E-state index contributed by atoms with van der Waals surface area (Å²) in [6, 6.07) is 0. The molecular weight excluding hydrogens is 166 g/mol. The first-order valence-electron chi connectivity index (χ1n) is 5.21. The minimum atomic E-state index is -0.343. The van der Waals surface area contributed by atoms with Gasteiger partial charge in [-0.1, -0.05) is 6.92 Å². The number of nitrogens with two attached hydrogens (primary N) is 1. The Hall–Kier alpha value is -0.120. The van der Waals surface area contributed by atoms with Gasteiger partial charge in [0.2, 0.25) is 0 Å². The summed E-state index contributed by atoms with van der Waals surface area (Å²) in [5.41, 5.74) is 5.49. The van der Waals surface area contributed by atoms with Gasteiger partial charge >= 0.3 is 0 Å². The van der Waals surface area contributed by atoms with Gasteiger partial charge in [0.15, 0.2) is 5.79 Å². The second kappa shape index (κ2) is 4.94. The van der Waals surface area contributed by atoms with Crippen molar-refractivity contribution in [3.8, 4) is 0 Å². The quantitative estimate of drug-likeness (QED) is 0.709. The minimum Gasteiger partial charge on any atom is -0.348 e. The van der Waals surface area contributed by atoms with Gasteiger partial charge in [-0.05, 0) is 32.7 Å². The molecule has 0 aliphatic carbocycles. The Labute approximate surface area is 80.6 Å². The van der Waals surface area contributed by atoms with E-state index in [0.29, 0.717) is 5.92 Å². The summed E-state index contributed by atoms with van der Waals surface area (Å²) in [7, 11) is 0. The van der Waals surface area contributed by atoms with E-state index in [-0.39, 0.29) is 5.79 Å². The maximum absolute atomic E-state index is 5.63. The fourth-order valence-electron chi connectivity index (χ4n) is 1.97. The first kappa shape index (κ1) is 11.0. The fourth-order valence-corrected chi connectivity index (χ4v) is 1.97. The molecule has 0 radical (unpaired) electrons. The molecule has 3 heteroatoms. The Morgan fingerprint density at radius 1 is 1.38 bits per heavy atom. The molecule has 0 bridgehead atoms. The van der Waals surface area contributed by atoms with E-state index in [1.54, 1.807) is 0 Å². The molecule has 1 saturated heterocycles. The minimum absolute atomic E-state index is 0.343. The number of ether oxygens (including phenoxy) is 2. The highest BCUT2D eigenvalue weighted by Gasteiger charge is 2.38. The molecule has 0 spiro atoms. The van der Waals surface area contributed by atoms with Gasteiger partial charge in [-0.25, -0.2) is 0 Å². The lowest BCUT2D eigenvalue weighted by atomic mass is 9.92. The summed E-state index contributed by atoms with van der Waals surface area (Å²) >= 11 is 0. The predicted octanol–water partition coefficient (Wildman–Crippen LogP) is 1.51. The van der Waals surface area contributed by atoms with E-state index in [1.165, 1.54) is 0 Å². The van der Waals surface area contributed by atoms with Crippen LogP contribution < -0.4 is 5.73 Å².